The molecule has 352 valence electrons. The van der Waals surface area contributed by atoms with E-state index in [9.17, 15) is 10.1 Å². The molecule has 0 bridgehead atoms. The molecule has 8 heteroatoms. The quantitative estimate of drug-likeness (QED) is 0.0346. The third-order valence-corrected chi connectivity index (χ3v) is 11.8. The maximum Gasteiger partial charge on any atom is 0.343 e. The number of benzene rings is 6. The second-order valence-corrected chi connectivity index (χ2v) is 17.2. The van der Waals surface area contributed by atoms with Crippen LogP contribution in [0.15, 0.2) is 175 Å². The molecule has 0 aromatic heterocycles. The third-order valence-electron chi connectivity index (χ3n) is 11.8. The first-order valence-corrected chi connectivity index (χ1v) is 24.6. The molecule has 0 heterocycles. The summed E-state index contributed by atoms with van der Waals surface area (Å²) >= 11 is 0. The number of rotatable bonds is 25. The molecule has 8 nitrogen and oxygen atoms in total. The number of hydrogen-bond donors (Lipinski definition) is 1. The van der Waals surface area contributed by atoms with Crippen molar-refractivity contribution in [1.82, 2.24) is 0 Å². The number of esters is 1. The van der Waals surface area contributed by atoms with Crippen LogP contribution in [-0.4, -0.2) is 19.2 Å². The summed E-state index contributed by atoms with van der Waals surface area (Å²) in [5, 5.41) is 13.7. The van der Waals surface area contributed by atoms with Gasteiger partial charge in [0.15, 0.2) is 0 Å². The Kier molecular flexibility index (Phi) is 19.0. The fraction of sp³-hybridized carbons (Fsp3) is 0.262. The van der Waals surface area contributed by atoms with Crippen LogP contribution in [0.2, 0.25) is 0 Å². The number of hydrogen-bond acceptors (Lipinski definition) is 8. The molecule has 0 aliphatic rings. The maximum atomic E-state index is 13.1. The van der Waals surface area contributed by atoms with E-state index < -0.39 is 5.97 Å². The number of ether oxygens (including phenoxy) is 4. The van der Waals surface area contributed by atoms with Crippen LogP contribution in [0.25, 0.3) is 22.3 Å². The largest absolute Gasteiger partial charge is 0.494 e. The molecule has 0 aliphatic carbocycles. The van der Waals surface area contributed by atoms with Gasteiger partial charge in [0, 0.05) is 5.69 Å². The van der Waals surface area contributed by atoms with Crippen molar-refractivity contribution in [1.29, 1.82) is 5.26 Å². The Morgan fingerprint density at radius 3 is 1.42 bits per heavy atom. The van der Waals surface area contributed by atoms with Crippen LogP contribution in [0.1, 0.15) is 107 Å². The number of nitrogens with one attached hydrogen (secondary N) is 1. The predicted octanol–water partition coefficient (Wildman–Crippen LogP) is 16.4. The Morgan fingerprint density at radius 1 is 0.478 bits per heavy atom. The topological polar surface area (TPSA) is 102 Å². The Hall–Kier alpha value is -7.63. The summed E-state index contributed by atoms with van der Waals surface area (Å²) in [6.07, 6.45) is 14.9. The highest BCUT2D eigenvalue weighted by atomic mass is 16.5. The number of unbranched alkanes of at least 4 members (excludes halogenated alkanes) is 10. The van der Waals surface area contributed by atoms with Crippen molar-refractivity contribution in [2.45, 2.75) is 90.9 Å². The third kappa shape index (κ3) is 15.7. The molecule has 7 aromatic rings. The smallest absolute Gasteiger partial charge is 0.343 e. The fourth-order valence-electron chi connectivity index (χ4n) is 7.79. The number of nitriles is 1. The van der Waals surface area contributed by atoms with Crippen LogP contribution in [0.4, 0.5) is 17.1 Å². The molecule has 0 saturated heterocycles. The van der Waals surface area contributed by atoms with E-state index in [1.165, 1.54) is 64.2 Å². The van der Waals surface area contributed by atoms with Crippen LogP contribution < -0.4 is 29.6 Å². The minimum atomic E-state index is -0.447. The monoisotopic (exact) mass is 917 g/mol. The highest BCUT2D eigenvalue weighted by molar-refractivity contribution is 5.91. The first kappa shape index (κ1) is 49.3. The summed E-state index contributed by atoms with van der Waals surface area (Å²) in [4.78, 5) is 18.0. The van der Waals surface area contributed by atoms with Gasteiger partial charge in [-0.25, -0.2) is 9.79 Å². The molecule has 0 radical (unpaired) electrons. The van der Waals surface area contributed by atoms with E-state index in [1.807, 2.05) is 109 Å². The van der Waals surface area contributed by atoms with Crippen LogP contribution in [-0.2, 0) is 0 Å². The standard InChI is InChI=1S/C61H63N3O5/c1-3-5-7-9-11-13-43-66-54-31-21-48(22-32-54)47-17-19-51(20-18-47)61(65)69-58-39-29-53(30-40-58)64-60-42-16-46(45-62)15-41-59(60)63-52-27-37-57(38-28-52)68-56-35-25-50(26-36-56)49-23-33-55(34-24-49)67-44-14-12-10-8-6-4-2/h15-42H,3-14,43-44H2,1-2H3,(H,63,64). The van der Waals surface area contributed by atoms with E-state index in [-0.39, 0.29) is 0 Å². The van der Waals surface area contributed by atoms with E-state index >= 15 is 0 Å². The predicted molar refractivity (Wildman–Crippen MR) is 279 cm³/mol. The summed E-state index contributed by atoms with van der Waals surface area (Å²) in [6.45, 7) is 5.96. The van der Waals surface area contributed by atoms with E-state index in [2.05, 4.69) is 49.5 Å². The Labute approximate surface area is 408 Å². The van der Waals surface area contributed by atoms with Crippen molar-refractivity contribution in [3.05, 3.63) is 186 Å². The van der Waals surface area contributed by atoms with Crippen LogP contribution in [0, 0.1) is 11.3 Å². The van der Waals surface area contributed by atoms with E-state index in [0.717, 1.165) is 71.2 Å². The first-order valence-electron chi connectivity index (χ1n) is 24.6. The normalized spacial score (nSPS) is 11.1. The summed E-state index contributed by atoms with van der Waals surface area (Å²) in [5.74, 6) is 3.14. The van der Waals surface area contributed by atoms with Gasteiger partial charge in [0.2, 0.25) is 0 Å². The molecule has 0 amide bonds. The minimum absolute atomic E-state index is 0.411. The second kappa shape index (κ2) is 26.6. The molecule has 69 heavy (non-hydrogen) atoms. The van der Waals surface area contributed by atoms with Gasteiger partial charge in [0.05, 0.1) is 47.1 Å². The van der Waals surface area contributed by atoms with E-state index in [4.69, 9.17) is 23.9 Å². The fourth-order valence-corrected chi connectivity index (χ4v) is 7.79. The number of carbonyl (C=O) groups excluding carboxylic acids is 1. The zero-order valence-corrected chi connectivity index (χ0v) is 40.0. The SMILES string of the molecule is CCCCCCCCOc1ccc(-c2ccc(Oc3ccc(N=c4ccc(C#N)ccc4Nc4ccc(OC(=O)c5ccc(-c6ccc(OCCCCCCCC)cc6)cc5)cc4)cc3)cc2)cc1. The molecular formula is C61H63N3O5. The first-order chi connectivity index (χ1) is 34.0. The molecule has 0 unspecified atom stereocenters. The van der Waals surface area contributed by atoms with Gasteiger partial charge < -0.3 is 24.3 Å². The number of carbonyl (C=O) groups is 1. The van der Waals surface area contributed by atoms with E-state index in [1.54, 1.807) is 36.4 Å². The highest BCUT2D eigenvalue weighted by Gasteiger charge is 2.11. The lowest BCUT2D eigenvalue weighted by Gasteiger charge is -2.10. The molecule has 0 atom stereocenters. The highest BCUT2D eigenvalue weighted by Crippen LogP contribution is 2.29. The summed E-state index contributed by atoms with van der Waals surface area (Å²) in [6, 6.07) is 55.8. The molecule has 0 aliphatic heterocycles. The van der Waals surface area contributed by atoms with Gasteiger partial charge in [-0.3, -0.25) is 0 Å². The average molecular weight is 918 g/mol. The van der Waals surface area contributed by atoms with Crippen LogP contribution in [0.5, 0.6) is 28.7 Å². The van der Waals surface area contributed by atoms with E-state index in [0.29, 0.717) is 39.4 Å². The lowest BCUT2D eigenvalue weighted by atomic mass is 10.0. The van der Waals surface area contributed by atoms with Crippen molar-refractivity contribution in [2.24, 2.45) is 4.99 Å². The Balaban J connectivity index is 0.909. The molecule has 0 spiro atoms. The lowest BCUT2D eigenvalue weighted by molar-refractivity contribution is 0.0734. The molecule has 7 aromatic carbocycles. The van der Waals surface area contributed by atoms with Gasteiger partial charge >= 0.3 is 5.97 Å². The molecular weight excluding hydrogens is 855 g/mol. The van der Waals surface area contributed by atoms with Crippen molar-refractivity contribution in [3.8, 4) is 57.1 Å². The molecule has 7 rings (SSSR count). The van der Waals surface area contributed by atoms with Gasteiger partial charge in [0.25, 0.3) is 0 Å². The summed E-state index contributed by atoms with van der Waals surface area (Å²) < 4.78 is 23.8. The second-order valence-electron chi connectivity index (χ2n) is 17.2. The number of nitrogens with zero attached hydrogens (tertiary/aromatic N) is 2. The Bertz CT molecular complexity index is 2760. The summed E-state index contributed by atoms with van der Waals surface area (Å²) in [7, 11) is 0. The van der Waals surface area contributed by atoms with Gasteiger partial charge in [-0.2, -0.15) is 5.26 Å². The van der Waals surface area contributed by atoms with Crippen molar-refractivity contribution >= 4 is 23.0 Å². The van der Waals surface area contributed by atoms with Crippen LogP contribution in [0.3, 0.4) is 0 Å². The van der Waals surface area contributed by atoms with Crippen LogP contribution >= 0.6 is 0 Å². The minimum Gasteiger partial charge on any atom is -0.494 e. The maximum absolute atomic E-state index is 13.1. The number of anilines is 2. The average Bonchev–Trinajstić information content (AvgIpc) is 3.58. The van der Waals surface area contributed by atoms with Crippen molar-refractivity contribution in [2.75, 3.05) is 18.5 Å². The van der Waals surface area contributed by atoms with Gasteiger partial charge in [-0.1, -0.05) is 127 Å². The van der Waals surface area contributed by atoms with Gasteiger partial charge in [-0.15, -0.1) is 0 Å². The van der Waals surface area contributed by atoms with Crippen molar-refractivity contribution in [3.63, 3.8) is 0 Å². The Morgan fingerprint density at radius 2 is 0.913 bits per heavy atom. The lowest BCUT2D eigenvalue weighted by Crippen LogP contribution is -2.08. The molecule has 0 saturated carbocycles. The van der Waals surface area contributed by atoms with Gasteiger partial charge in [0.1, 0.15) is 28.7 Å². The zero-order chi connectivity index (χ0) is 47.9. The molecule has 0 fully saturated rings. The summed E-state index contributed by atoms with van der Waals surface area (Å²) in [5.41, 5.74) is 7.34. The molecule has 1 N–H and O–H groups in total. The van der Waals surface area contributed by atoms with Crippen molar-refractivity contribution < 1.29 is 23.7 Å². The zero-order valence-electron chi connectivity index (χ0n) is 40.0. The van der Waals surface area contributed by atoms with Gasteiger partial charge in [-0.05, 0) is 156 Å².